The number of esters is 2. The molecule has 1 N–H and O–H groups in total. The van der Waals surface area contributed by atoms with Gasteiger partial charge in [0.25, 0.3) is 0 Å². The van der Waals surface area contributed by atoms with Gasteiger partial charge in [0.1, 0.15) is 5.92 Å². The fourth-order valence-corrected chi connectivity index (χ4v) is 2.72. The van der Waals surface area contributed by atoms with Crippen molar-refractivity contribution >= 4 is 17.6 Å². The van der Waals surface area contributed by atoms with Gasteiger partial charge in [0.05, 0.1) is 19.9 Å². The van der Waals surface area contributed by atoms with E-state index in [1.54, 1.807) is 5.01 Å². The molecule has 1 saturated heterocycles. The first kappa shape index (κ1) is 15.3. The van der Waals surface area contributed by atoms with Crippen LogP contribution in [0.1, 0.15) is 13.8 Å². The third kappa shape index (κ3) is 2.71. The third-order valence-corrected chi connectivity index (χ3v) is 3.71. The Bertz CT molecular complexity index is 530. The molecule has 6 nitrogen and oxygen atoms in total. The van der Waals surface area contributed by atoms with Crippen LogP contribution in [0.3, 0.4) is 0 Å². The predicted molar refractivity (Wildman–Crippen MR) is 77.4 cm³/mol. The van der Waals surface area contributed by atoms with Gasteiger partial charge in [-0.25, -0.2) is 10.2 Å². The lowest BCUT2D eigenvalue weighted by Gasteiger charge is -2.25. The van der Waals surface area contributed by atoms with E-state index >= 15 is 0 Å². The van der Waals surface area contributed by atoms with E-state index in [0.717, 1.165) is 5.69 Å². The van der Waals surface area contributed by atoms with Gasteiger partial charge in [-0.15, -0.1) is 0 Å². The van der Waals surface area contributed by atoms with Gasteiger partial charge in [-0.2, -0.15) is 0 Å². The summed E-state index contributed by atoms with van der Waals surface area (Å²) in [5.74, 6) is -1.59. The molecule has 0 amide bonds. The lowest BCUT2D eigenvalue weighted by atomic mass is 9.84. The fraction of sp³-hybridized carbons (Fsp3) is 0.467. The van der Waals surface area contributed by atoms with Crippen LogP contribution < -0.4 is 10.4 Å². The van der Waals surface area contributed by atoms with E-state index in [1.807, 2.05) is 44.2 Å². The third-order valence-electron chi connectivity index (χ3n) is 3.71. The summed E-state index contributed by atoms with van der Waals surface area (Å²) in [5.41, 5.74) is 3.36. The second-order valence-electron chi connectivity index (χ2n) is 5.51. The summed E-state index contributed by atoms with van der Waals surface area (Å²) in [4.78, 5) is 24.3. The molecule has 2 unspecified atom stereocenters. The lowest BCUT2D eigenvalue weighted by Crippen LogP contribution is -2.45. The van der Waals surface area contributed by atoms with Gasteiger partial charge in [0.15, 0.2) is 6.04 Å². The highest BCUT2D eigenvalue weighted by Gasteiger charge is 2.55. The molecule has 21 heavy (non-hydrogen) atoms. The van der Waals surface area contributed by atoms with Crippen molar-refractivity contribution in [2.45, 2.75) is 25.4 Å². The first-order valence-corrected chi connectivity index (χ1v) is 6.70. The molecule has 0 saturated carbocycles. The van der Waals surface area contributed by atoms with Crippen LogP contribution in [0, 0.1) is 5.92 Å². The number of para-hydroxylation sites is 1. The smallest absolute Gasteiger partial charge is 0.331 e. The number of benzene rings is 1. The molecule has 1 aromatic rings. The minimum absolute atomic E-state index is 0.443. The summed E-state index contributed by atoms with van der Waals surface area (Å²) in [6, 6.07) is 8.56. The number of ether oxygens (including phenoxy) is 2. The first-order chi connectivity index (χ1) is 9.92. The summed E-state index contributed by atoms with van der Waals surface area (Å²) in [6.45, 7) is 3.71. The van der Waals surface area contributed by atoms with E-state index in [1.165, 1.54) is 14.2 Å². The Kier molecular flexibility index (Phi) is 4.18. The van der Waals surface area contributed by atoms with Crippen LogP contribution in [-0.2, 0) is 19.1 Å². The zero-order valence-electron chi connectivity index (χ0n) is 12.6. The molecule has 0 radical (unpaired) electrons. The zero-order valence-corrected chi connectivity index (χ0v) is 12.6. The van der Waals surface area contributed by atoms with Crippen LogP contribution in [0.2, 0.25) is 0 Å². The Morgan fingerprint density at radius 3 is 2.19 bits per heavy atom. The summed E-state index contributed by atoms with van der Waals surface area (Å²) < 4.78 is 9.74. The van der Waals surface area contributed by atoms with Crippen molar-refractivity contribution in [3.63, 3.8) is 0 Å². The van der Waals surface area contributed by atoms with Crippen LogP contribution in [-0.4, -0.2) is 37.7 Å². The van der Waals surface area contributed by atoms with Gasteiger partial charge in [-0.05, 0) is 26.0 Å². The van der Waals surface area contributed by atoms with Crippen molar-refractivity contribution in [1.82, 2.24) is 5.43 Å². The average Bonchev–Trinajstić information content (AvgIpc) is 2.78. The van der Waals surface area contributed by atoms with Gasteiger partial charge in [0.2, 0.25) is 0 Å². The molecule has 114 valence electrons. The van der Waals surface area contributed by atoms with Crippen LogP contribution in [0.4, 0.5) is 5.69 Å². The first-order valence-electron chi connectivity index (χ1n) is 6.70. The molecular formula is C15H20N2O4. The maximum Gasteiger partial charge on any atom is 0.331 e. The molecule has 6 heteroatoms. The Balaban J connectivity index is 2.46. The predicted octanol–water partition coefficient (Wildman–Crippen LogP) is 1.12. The van der Waals surface area contributed by atoms with E-state index in [-0.39, 0.29) is 0 Å². The molecular weight excluding hydrogens is 272 g/mol. The quantitative estimate of drug-likeness (QED) is 0.842. The molecule has 2 atom stereocenters. The molecule has 1 aliphatic rings. The Morgan fingerprint density at radius 2 is 1.67 bits per heavy atom. The molecule has 1 fully saturated rings. The number of methoxy groups -OCH3 is 2. The fourth-order valence-electron chi connectivity index (χ4n) is 2.72. The Labute approximate surface area is 124 Å². The van der Waals surface area contributed by atoms with E-state index in [0.29, 0.717) is 0 Å². The van der Waals surface area contributed by atoms with Crippen LogP contribution in [0.5, 0.6) is 0 Å². The van der Waals surface area contributed by atoms with Crippen molar-refractivity contribution in [1.29, 1.82) is 0 Å². The van der Waals surface area contributed by atoms with E-state index < -0.39 is 29.4 Å². The van der Waals surface area contributed by atoms with E-state index in [4.69, 9.17) is 9.47 Å². The number of hydrazine groups is 1. The summed E-state index contributed by atoms with van der Waals surface area (Å²) in [5, 5.41) is 1.67. The highest BCUT2D eigenvalue weighted by molar-refractivity contribution is 5.89. The number of nitrogens with one attached hydrogen (secondary N) is 1. The zero-order chi connectivity index (χ0) is 15.6. The number of anilines is 1. The highest BCUT2D eigenvalue weighted by atomic mass is 16.5. The average molecular weight is 292 g/mol. The van der Waals surface area contributed by atoms with Crippen molar-refractivity contribution < 1.29 is 19.1 Å². The van der Waals surface area contributed by atoms with Crippen molar-refractivity contribution in [3.05, 3.63) is 30.3 Å². The van der Waals surface area contributed by atoms with Gasteiger partial charge in [-0.3, -0.25) is 9.80 Å². The number of carbonyl (C=O) groups is 2. The van der Waals surface area contributed by atoms with Crippen LogP contribution in [0.25, 0.3) is 0 Å². The van der Waals surface area contributed by atoms with Crippen LogP contribution in [0.15, 0.2) is 30.3 Å². The molecule has 0 aliphatic carbocycles. The lowest BCUT2D eigenvalue weighted by molar-refractivity contribution is -0.154. The molecule has 0 spiro atoms. The highest BCUT2D eigenvalue weighted by Crippen LogP contribution is 2.35. The largest absolute Gasteiger partial charge is 0.469 e. The number of rotatable bonds is 3. The summed E-state index contributed by atoms with van der Waals surface area (Å²) >= 11 is 0. The van der Waals surface area contributed by atoms with Gasteiger partial charge >= 0.3 is 11.9 Å². The molecule has 1 aliphatic heterocycles. The Morgan fingerprint density at radius 1 is 1.10 bits per heavy atom. The van der Waals surface area contributed by atoms with Gasteiger partial charge in [0, 0.05) is 5.54 Å². The standard InChI is InChI=1S/C15H20N2O4/c1-15(2)11(13(18)20-3)12(14(19)21-4)17(16-15)10-8-6-5-7-9-10/h5-9,11-12,16H,1-4H3. The van der Waals surface area contributed by atoms with Crippen molar-refractivity contribution in [2.24, 2.45) is 5.92 Å². The van der Waals surface area contributed by atoms with Crippen LogP contribution >= 0.6 is 0 Å². The SMILES string of the molecule is COC(=O)C1C(C(=O)OC)C(C)(C)NN1c1ccccc1. The molecule has 0 aromatic heterocycles. The minimum atomic E-state index is -0.778. The molecule has 1 heterocycles. The molecule has 1 aromatic carbocycles. The van der Waals surface area contributed by atoms with Gasteiger partial charge in [-0.1, -0.05) is 18.2 Å². The monoisotopic (exact) mass is 292 g/mol. The maximum absolute atomic E-state index is 12.2. The maximum atomic E-state index is 12.2. The van der Waals surface area contributed by atoms with E-state index in [2.05, 4.69) is 5.43 Å². The number of nitrogens with zero attached hydrogens (tertiary/aromatic N) is 1. The Hall–Kier alpha value is -2.08. The summed E-state index contributed by atoms with van der Waals surface area (Å²) in [7, 11) is 2.63. The second kappa shape index (κ2) is 5.73. The van der Waals surface area contributed by atoms with Gasteiger partial charge < -0.3 is 9.47 Å². The molecule has 2 rings (SSSR count). The van der Waals surface area contributed by atoms with Crippen molar-refractivity contribution in [3.8, 4) is 0 Å². The topological polar surface area (TPSA) is 67.9 Å². The minimum Gasteiger partial charge on any atom is -0.469 e. The van der Waals surface area contributed by atoms with E-state index in [9.17, 15) is 9.59 Å². The normalized spacial score (nSPS) is 23.7. The number of hydrogen-bond donors (Lipinski definition) is 1. The summed E-state index contributed by atoms with van der Waals surface area (Å²) in [6.07, 6.45) is 0. The van der Waals surface area contributed by atoms with Crippen molar-refractivity contribution in [2.75, 3.05) is 19.2 Å². The molecule has 0 bridgehead atoms. The number of hydrogen-bond acceptors (Lipinski definition) is 6. The second-order valence-corrected chi connectivity index (χ2v) is 5.51. The number of carbonyl (C=O) groups excluding carboxylic acids is 2.